The molecule has 2 N–H and O–H groups in total. The molecule has 2 aromatic carbocycles. The highest BCUT2D eigenvalue weighted by molar-refractivity contribution is 14.1. The second-order valence-corrected chi connectivity index (χ2v) is 7.43. The van der Waals surface area contributed by atoms with E-state index in [2.05, 4.69) is 68.5 Å². The third-order valence-electron chi connectivity index (χ3n) is 3.74. The van der Waals surface area contributed by atoms with Crippen LogP contribution in [-0.2, 0) is 6.42 Å². The number of nitrogens with one attached hydrogen (secondary N) is 2. The normalized spacial score (nSPS) is 10.2. The van der Waals surface area contributed by atoms with Gasteiger partial charge in [-0.05, 0) is 65.4 Å². The van der Waals surface area contributed by atoms with Crippen LogP contribution in [0.15, 0.2) is 85.5 Å². The van der Waals surface area contributed by atoms with E-state index in [1.54, 1.807) is 6.07 Å². The molecule has 1 heterocycles. The molecular formula is C22H21IN4O. The maximum absolute atomic E-state index is 5.80. The second kappa shape index (κ2) is 9.36. The summed E-state index contributed by atoms with van der Waals surface area (Å²) in [6.07, 6.45) is 2.22. The molecule has 1 aromatic heterocycles. The molecule has 0 saturated heterocycles. The Labute approximate surface area is 178 Å². The van der Waals surface area contributed by atoms with Gasteiger partial charge in [0.25, 0.3) is 0 Å². The number of ether oxygens (including phenoxy) is 1. The molecule has 0 aliphatic rings. The van der Waals surface area contributed by atoms with Crippen molar-refractivity contribution in [2.45, 2.75) is 13.3 Å². The van der Waals surface area contributed by atoms with E-state index in [-0.39, 0.29) is 0 Å². The van der Waals surface area contributed by atoms with Gasteiger partial charge in [0, 0.05) is 33.1 Å². The molecule has 0 amide bonds. The maximum atomic E-state index is 5.80. The second-order valence-electron chi connectivity index (χ2n) is 6.27. The molecule has 0 radical (unpaired) electrons. The SMILES string of the molecule is C=C(C)Nc1cc(Oc2ccc(NC(=C)Cc3ccccc3I)cc2)ncn1. The number of nitrogens with zero attached hydrogens (tertiary/aromatic N) is 2. The molecular weight excluding hydrogens is 463 g/mol. The van der Waals surface area contributed by atoms with E-state index >= 15 is 0 Å². The van der Waals surface area contributed by atoms with Gasteiger partial charge in [-0.1, -0.05) is 31.4 Å². The van der Waals surface area contributed by atoms with Gasteiger partial charge in [-0.25, -0.2) is 9.97 Å². The smallest absolute Gasteiger partial charge is 0.224 e. The van der Waals surface area contributed by atoms with Gasteiger partial charge in [0.1, 0.15) is 17.9 Å². The Bertz CT molecular complexity index is 986. The number of allylic oxidation sites excluding steroid dienone is 2. The monoisotopic (exact) mass is 484 g/mol. The molecule has 0 saturated carbocycles. The summed E-state index contributed by atoms with van der Waals surface area (Å²) in [6, 6.07) is 17.7. The standard InChI is InChI=1S/C22H21IN4O/c1-15(2)26-21-13-22(25-14-24-21)28-19-10-8-18(9-11-19)27-16(3)12-17-6-4-5-7-20(17)23/h4-11,13-14,27H,1,3,12H2,2H3,(H,24,25,26). The van der Waals surface area contributed by atoms with Crippen molar-refractivity contribution in [2.75, 3.05) is 10.6 Å². The Kier molecular flexibility index (Phi) is 6.65. The van der Waals surface area contributed by atoms with Crippen LogP contribution in [0.2, 0.25) is 0 Å². The van der Waals surface area contributed by atoms with Crippen molar-refractivity contribution < 1.29 is 4.74 Å². The van der Waals surface area contributed by atoms with Crippen LogP contribution in [-0.4, -0.2) is 9.97 Å². The van der Waals surface area contributed by atoms with Gasteiger partial charge in [-0.15, -0.1) is 0 Å². The van der Waals surface area contributed by atoms with Crippen LogP contribution in [0, 0.1) is 3.57 Å². The number of aromatic nitrogens is 2. The number of hydrogen-bond donors (Lipinski definition) is 2. The number of halogens is 1. The van der Waals surface area contributed by atoms with Gasteiger partial charge in [0.15, 0.2) is 0 Å². The lowest BCUT2D eigenvalue weighted by molar-refractivity contribution is 0.462. The predicted octanol–water partition coefficient (Wildman–Crippen LogP) is 5.99. The highest BCUT2D eigenvalue weighted by Gasteiger charge is 2.04. The molecule has 6 heteroatoms. The van der Waals surface area contributed by atoms with Crippen molar-refractivity contribution in [1.82, 2.24) is 9.97 Å². The Hall–Kier alpha value is -2.87. The van der Waals surface area contributed by atoms with Crippen LogP contribution >= 0.6 is 22.6 Å². The summed E-state index contributed by atoms with van der Waals surface area (Å²) in [5.74, 6) is 1.79. The van der Waals surface area contributed by atoms with Crippen LogP contribution in [0.4, 0.5) is 11.5 Å². The van der Waals surface area contributed by atoms with E-state index < -0.39 is 0 Å². The van der Waals surface area contributed by atoms with Gasteiger partial charge >= 0.3 is 0 Å². The summed E-state index contributed by atoms with van der Waals surface area (Å²) >= 11 is 2.34. The highest BCUT2D eigenvalue weighted by atomic mass is 127. The fraction of sp³-hybridized carbons (Fsp3) is 0.0909. The summed E-state index contributed by atoms with van der Waals surface area (Å²) < 4.78 is 7.03. The topological polar surface area (TPSA) is 59.1 Å². The molecule has 0 aliphatic carbocycles. The lowest BCUT2D eigenvalue weighted by Gasteiger charge is -2.12. The lowest BCUT2D eigenvalue weighted by Crippen LogP contribution is -2.02. The first-order valence-corrected chi connectivity index (χ1v) is 9.78. The van der Waals surface area contributed by atoms with Crippen molar-refractivity contribution in [3.05, 3.63) is 94.6 Å². The molecule has 3 aromatic rings. The van der Waals surface area contributed by atoms with Crippen molar-refractivity contribution in [3.8, 4) is 11.6 Å². The molecule has 0 atom stereocenters. The zero-order valence-corrected chi connectivity index (χ0v) is 17.7. The Morgan fingerprint density at radius 3 is 2.50 bits per heavy atom. The molecule has 0 aliphatic heterocycles. The highest BCUT2D eigenvalue weighted by Crippen LogP contribution is 2.24. The molecule has 0 unspecified atom stereocenters. The number of rotatable bonds is 8. The van der Waals surface area contributed by atoms with Crippen LogP contribution in [0.1, 0.15) is 12.5 Å². The molecule has 3 rings (SSSR count). The quantitative estimate of drug-likeness (QED) is 0.385. The van der Waals surface area contributed by atoms with E-state index in [1.165, 1.54) is 15.5 Å². The fourth-order valence-electron chi connectivity index (χ4n) is 2.53. The summed E-state index contributed by atoms with van der Waals surface area (Å²) in [4.78, 5) is 8.26. The number of benzene rings is 2. The van der Waals surface area contributed by atoms with Gasteiger partial charge in [0.05, 0.1) is 0 Å². The Morgan fingerprint density at radius 2 is 1.79 bits per heavy atom. The molecule has 0 bridgehead atoms. The molecule has 0 fully saturated rings. The van der Waals surface area contributed by atoms with Gasteiger partial charge in [-0.3, -0.25) is 0 Å². The zero-order valence-electron chi connectivity index (χ0n) is 15.6. The zero-order chi connectivity index (χ0) is 19.9. The van der Waals surface area contributed by atoms with Gasteiger partial charge < -0.3 is 15.4 Å². The first-order chi connectivity index (χ1) is 13.5. The van der Waals surface area contributed by atoms with E-state index in [9.17, 15) is 0 Å². The summed E-state index contributed by atoms with van der Waals surface area (Å²) in [5, 5.41) is 6.38. The first kappa shape index (κ1) is 19.9. The average molecular weight is 484 g/mol. The maximum Gasteiger partial charge on any atom is 0.224 e. The lowest BCUT2D eigenvalue weighted by atomic mass is 10.1. The van der Waals surface area contributed by atoms with Crippen molar-refractivity contribution in [3.63, 3.8) is 0 Å². The molecule has 0 spiro atoms. The Balaban J connectivity index is 1.60. The van der Waals surface area contributed by atoms with E-state index in [0.717, 1.165) is 23.5 Å². The molecule has 5 nitrogen and oxygen atoms in total. The molecule has 28 heavy (non-hydrogen) atoms. The minimum atomic E-state index is 0.461. The van der Waals surface area contributed by atoms with Gasteiger partial charge in [-0.2, -0.15) is 0 Å². The minimum absolute atomic E-state index is 0.461. The summed E-state index contributed by atoms with van der Waals surface area (Å²) in [6.45, 7) is 9.80. The van der Waals surface area contributed by atoms with E-state index in [1.807, 2.05) is 43.3 Å². The van der Waals surface area contributed by atoms with Crippen LogP contribution in [0.25, 0.3) is 0 Å². The van der Waals surface area contributed by atoms with Crippen molar-refractivity contribution in [2.24, 2.45) is 0 Å². The van der Waals surface area contributed by atoms with Crippen LogP contribution in [0.3, 0.4) is 0 Å². The fourth-order valence-corrected chi connectivity index (χ4v) is 3.11. The van der Waals surface area contributed by atoms with E-state index in [4.69, 9.17) is 4.74 Å². The summed E-state index contributed by atoms with van der Waals surface area (Å²) in [5.41, 5.74) is 3.94. The number of anilines is 2. The van der Waals surface area contributed by atoms with Crippen molar-refractivity contribution in [1.29, 1.82) is 0 Å². The average Bonchev–Trinajstić information content (AvgIpc) is 2.65. The third kappa shape index (κ3) is 5.82. The first-order valence-electron chi connectivity index (χ1n) is 8.70. The summed E-state index contributed by atoms with van der Waals surface area (Å²) in [7, 11) is 0. The van der Waals surface area contributed by atoms with Crippen LogP contribution < -0.4 is 15.4 Å². The predicted molar refractivity (Wildman–Crippen MR) is 123 cm³/mol. The largest absolute Gasteiger partial charge is 0.439 e. The minimum Gasteiger partial charge on any atom is -0.439 e. The van der Waals surface area contributed by atoms with Crippen LogP contribution in [0.5, 0.6) is 11.6 Å². The van der Waals surface area contributed by atoms with E-state index in [0.29, 0.717) is 17.4 Å². The molecule has 142 valence electrons. The third-order valence-corrected chi connectivity index (χ3v) is 4.80. The Morgan fingerprint density at radius 1 is 1.04 bits per heavy atom. The van der Waals surface area contributed by atoms with Gasteiger partial charge in [0.2, 0.25) is 5.88 Å². The number of hydrogen-bond acceptors (Lipinski definition) is 5. The van der Waals surface area contributed by atoms with Crippen molar-refractivity contribution >= 4 is 34.1 Å².